The number of carbonyl (C=O) groups excluding carboxylic acids is 1. The summed E-state index contributed by atoms with van der Waals surface area (Å²) < 4.78 is 53.6. The lowest BCUT2D eigenvalue weighted by Crippen LogP contribution is -1.98. The normalized spacial score (nSPS) is 14.4. The summed E-state index contributed by atoms with van der Waals surface area (Å²) in [5.74, 6) is -2.06. The molecule has 0 atom stereocenters. The van der Waals surface area contributed by atoms with Gasteiger partial charge in [0.15, 0.2) is 0 Å². The standard InChI is InChI=1S/C17H12F2O4S/c18-13-5-3-10(4-6-13)16-14(8-23-17(16)20)11-1-2-12(9-24(21)22)15(19)7-11/h1-7,24H,8-9H2. The number of benzene rings is 2. The number of thiol groups is 1. The van der Waals surface area contributed by atoms with Crippen LogP contribution in [0.25, 0.3) is 11.1 Å². The molecule has 0 aliphatic carbocycles. The quantitative estimate of drug-likeness (QED) is 0.680. The number of esters is 1. The molecule has 4 nitrogen and oxygen atoms in total. The highest BCUT2D eigenvalue weighted by Gasteiger charge is 2.27. The summed E-state index contributed by atoms with van der Waals surface area (Å²) >= 11 is 0. The van der Waals surface area contributed by atoms with Gasteiger partial charge in [-0.25, -0.2) is 22.0 Å². The Hall–Kier alpha value is -2.54. The van der Waals surface area contributed by atoms with Gasteiger partial charge in [-0.3, -0.25) is 0 Å². The molecule has 0 spiro atoms. The van der Waals surface area contributed by atoms with E-state index in [0.29, 0.717) is 16.7 Å². The van der Waals surface area contributed by atoms with E-state index < -0.39 is 28.3 Å². The van der Waals surface area contributed by atoms with Gasteiger partial charge >= 0.3 is 5.97 Å². The van der Waals surface area contributed by atoms with Gasteiger partial charge in [0, 0.05) is 11.1 Å². The Bertz CT molecular complexity index is 907. The van der Waals surface area contributed by atoms with Crippen molar-refractivity contribution in [3.63, 3.8) is 0 Å². The van der Waals surface area contributed by atoms with Crippen LogP contribution in [0.2, 0.25) is 0 Å². The molecule has 0 aromatic heterocycles. The van der Waals surface area contributed by atoms with Crippen molar-refractivity contribution < 1.29 is 26.7 Å². The highest BCUT2D eigenvalue weighted by atomic mass is 32.2. The maximum Gasteiger partial charge on any atom is 0.339 e. The van der Waals surface area contributed by atoms with Crippen molar-refractivity contribution in [2.75, 3.05) is 6.61 Å². The molecule has 24 heavy (non-hydrogen) atoms. The van der Waals surface area contributed by atoms with Crippen LogP contribution in [0.4, 0.5) is 8.78 Å². The predicted octanol–water partition coefficient (Wildman–Crippen LogP) is 2.54. The zero-order valence-corrected chi connectivity index (χ0v) is 13.2. The van der Waals surface area contributed by atoms with Crippen LogP contribution in [0.15, 0.2) is 42.5 Å². The first-order valence-corrected chi connectivity index (χ1v) is 8.39. The van der Waals surface area contributed by atoms with Gasteiger partial charge < -0.3 is 4.74 Å². The fourth-order valence-corrected chi connectivity index (χ4v) is 3.08. The Morgan fingerprint density at radius 2 is 1.67 bits per heavy atom. The lowest BCUT2D eigenvalue weighted by atomic mass is 9.96. The van der Waals surface area contributed by atoms with Crippen LogP contribution in [-0.2, 0) is 26.0 Å². The molecular weight excluding hydrogens is 338 g/mol. The number of halogens is 2. The van der Waals surface area contributed by atoms with Crippen LogP contribution in [0.5, 0.6) is 0 Å². The summed E-state index contributed by atoms with van der Waals surface area (Å²) in [6.45, 7) is -0.0276. The van der Waals surface area contributed by atoms with Crippen molar-refractivity contribution in [1.82, 2.24) is 0 Å². The number of carbonyl (C=O) groups is 1. The van der Waals surface area contributed by atoms with Crippen molar-refractivity contribution in [2.45, 2.75) is 5.75 Å². The van der Waals surface area contributed by atoms with E-state index in [-0.39, 0.29) is 23.5 Å². The smallest absolute Gasteiger partial charge is 0.339 e. The third-order valence-electron chi connectivity index (χ3n) is 3.69. The Balaban J connectivity index is 2.07. The number of hydrogen-bond donors (Lipinski definition) is 1. The van der Waals surface area contributed by atoms with Crippen LogP contribution >= 0.6 is 0 Å². The molecule has 0 unspecified atom stereocenters. The number of ether oxygens (including phenoxy) is 1. The van der Waals surface area contributed by atoms with Crippen LogP contribution in [0.3, 0.4) is 0 Å². The van der Waals surface area contributed by atoms with E-state index in [4.69, 9.17) is 4.74 Å². The van der Waals surface area contributed by atoms with Gasteiger partial charge in [-0.2, -0.15) is 0 Å². The van der Waals surface area contributed by atoms with Crippen molar-refractivity contribution in [1.29, 1.82) is 0 Å². The first kappa shape index (κ1) is 16.3. The monoisotopic (exact) mass is 350 g/mol. The minimum Gasteiger partial charge on any atom is -0.457 e. The second-order valence-electron chi connectivity index (χ2n) is 5.23. The maximum atomic E-state index is 14.1. The fraction of sp³-hybridized carbons (Fsp3) is 0.118. The van der Waals surface area contributed by atoms with E-state index in [1.54, 1.807) is 0 Å². The van der Waals surface area contributed by atoms with E-state index in [9.17, 15) is 22.0 Å². The summed E-state index contributed by atoms with van der Waals surface area (Å²) in [7, 11) is -2.73. The maximum absolute atomic E-state index is 14.1. The zero-order chi connectivity index (χ0) is 17.3. The van der Waals surface area contributed by atoms with E-state index in [2.05, 4.69) is 0 Å². The summed E-state index contributed by atoms with van der Waals surface area (Å²) in [6, 6.07) is 9.43. The lowest BCUT2D eigenvalue weighted by Gasteiger charge is -2.07. The van der Waals surface area contributed by atoms with Crippen molar-refractivity contribution >= 4 is 27.8 Å². The molecule has 0 fully saturated rings. The van der Waals surface area contributed by atoms with Crippen molar-refractivity contribution in [2.24, 2.45) is 0 Å². The minimum atomic E-state index is -2.73. The molecule has 2 aromatic rings. The largest absolute Gasteiger partial charge is 0.457 e. The summed E-state index contributed by atoms with van der Waals surface area (Å²) in [6.07, 6.45) is 0. The molecule has 1 aliphatic heterocycles. The Morgan fingerprint density at radius 3 is 2.29 bits per heavy atom. The summed E-state index contributed by atoms with van der Waals surface area (Å²) in [4.78, 5) is 12.0. The van der Waals surface area contributed by atoms with Gasteiger partial charge in [-0.05, 0) is 29.3 Å². The van der Waals surface area contributed by atoms with E-state index >= 15 is 0 Å². The minimum absolute atomic E-state index is 0.0276. The van der Waals surface area contributed by atoms with Gasteiger partial charge in [-0.1, -0.05) is 24.3 Å². The average molecular weight is 350 g/mol. The molecule has 1 heterocycles. The van der Waals surface area contributed by atoms with E-state index in [0.717, 1.165) is 0 Å². The van der Waals surface area contributed by atoms with Crippen LogP contribution in [0, 0.1) is 11.6 Å². The molecule has 1 aliphatic rings. The van der Waals surface area contributed by atoms with E-state index in [1.165, 1.54) is 42.5 Å². The Kier molecular flexibility index (Phi) is 4.44. The Morgan fingerprint density at radius 1 is 1.00 bits per heavy atom. The highest BCUT2D eigenvalue weighted by molar-refractivity contribution is 7.71. The molecule has 3 rings (SSSR count). The number of cyclic esters (lactones) is 1. The summed E-state index contributed by atoms with van der Waals surface area (Å²) in [5.41, 5.74) is 1.67. The van der Waals surface area contributed by atoms with Gasteiger partial charge in [0.05, 0.1) is 11.3 Å². The van der Waals surface area contributed by atoms with Gasteiger partial charge in [0.2, 0.25) is 0 Å². The summed E-state index contributed by atoms with van der Waals surface area (Å²) in [5, 5.41) is 0. The van der Waals surface area contributed by atoms with E-state index in [1.807, 2.05) is 0 Å². The fourth-order valence-electron chi connectivity index (χ4n) is 2.54. The molecule has 0 radical (unpaired) electrons. The van der Waals surface area contributed by atoms with Crippen molar-refractivity contribution in [3.8, 4) is 0 Å². The van der Waals surface area contributed by atoms with Crippen LogP contribution in [0.1, 0.15) is 16.7 Å². The second kappa shape index (κ2) is 6.52. The first-order chi connectivity index (χ1) is 11.5. The molecular formula is C17H12F2O4S. The Labute approximate surface area is 138 Å². The zero-order valence-electron chi connectivity index (χ0n) is 12.3. The molecule has 2 aromatic carbocycles. The predicted molar refractivity (Wildman–Crippen MR) is 84.6 cm³/mol. The third-order valence-corrected chi connectivity index (χ3v) is 4.29. The SMILES string of the molecule is O=C1OCC(c2ccc(C[SH](=O)=O)c(F)c2)=C1c1ccc(F)cc1. The molecule has 0 saturated carbocycles. The molecule has 0 saturated heterocycles. The number of rotatable bonds is 4. The molecule has 0 amide bonds. The topological polar surface area (TPSA) is 60.4 Å². The third kappa shape index (κ3) is 3.21. The van der Waals surface area contributed by atoms with Crippen LogP contribution in [-0.4, -0.2) is 21.0 Å². The van der Waals surface area contributed by atoms with Gasteiger partial charge in [0.1, 0.15) is 28.9 Å². The first-order valence-electron chi connectivity index (χ1n) is 7.02. The molecule has 0 bridgehead atoms. The van der Waals surface area contributed by atoms with Gasteiger partial charge in [0.25, 0.3) is 0 Å². The highest BCUT2D eigenvalue weighted by Crippen LogP contribution is 2.33. The molecule has 124 valence electrons. The molecule has 7 heteroatoms. The molecule has 0 N–H and O–H groups in total. The number of hydrogen-bond acceptors (Lipinski definition) is 4. The average Bonchev–Trinajstić information content (AvgIpc) is 2.91. The van der Waals surface area contributed by atoms with Gasteiger partial charge in [-0.15, -0.1) is 0 Å². The van der Waals surface area contributed by atoms with Crippen molar-refractivity contribution in [3.05, 3.63) is 70.8 Å². The second-order valence-corrected chi connectivity index (χ2v) is 6.22. The van der Waals surface area contributed by atoms with Crippen LogP contribution < -0.4 is 0 Å². The lowest BCUT2D eigenvalue weighted by molar-refractivity contribution is -0.133.